The van der Waals surface area contributed by atoms with E-state index in [0.29, 0.717) is 19.7 Å². The van der Waals surface area contributed by atoms with Gasteiger partial charge in [-0.15, -0.1) is 0 Å². The zero-order valence-electron chi connectivity index (χ0n) is 8.55. The first kappa shape index (κ1) is 9.16. The molecule has 2 nitrogen and oxygen atoms in total. The standard InChI is InChI=1S/C12H14FNO/c13-12(7-14-8-12)10-5-1-3-9-4-2-6-15-11(9)10/h1,3,5,14H,2,4,6-8H2. The molecule has 0 bridgehead atoms. The van der Waals surface area contributed by atoms with E-state index in [-0.39, 0.29) is 0 Å². The molecule has 0 atom stereocenters. The van der Waals surface area contributed by atoms with Crippen LogP contribution in [0.2, 0.25) is 0 Å². The largest absolute Gasteiger partial charge is 0.493 e. The van der Waals surface area contributed by atoms with Gasteiger partial charge in [-0.2, -0.15) is 0 Å². The van der Waals surface area contributed by atoms with Crippen molar-refractivity contribution >= 4 is 0 Å². The molecule has 80 valence electrons. The number of rotatable bonds is 1. The molecule has 0 unspecified atom stereocenters. The first-order chi connectivity index (χ1) is 7.30. The smallest absolute Gasteiger partial charge is 0.164 e. The van der Waals surface area contributed by atoms with Gasteiger partial charge in [-0.1, -0.05) is 18.2 Å². The lowest BCUT2D eigenvalue weighted by Gasteiger charge is -2.37. The number of halogens is 1. The maximum absolute atomic E-state index is 14.3. The van der Waals surface area contributed by atoms with Crippen LogP contribution >= 0.6 is 0 Å². The second kappa shape index (κ2) is 3.20. The molecular weight excluding hydrogens is 193 g/mol. The van der Waals surface area contributed by atoms with Gasteiger partial charge in [0, 0.05) is 18.7 Å². The molecule has 1 aromatic rings. The van der Waals surface area contributed by atoms with Crippen LogP contribution in [0.1, 0.15) is 17.5 Å². The van der Waals surface area contributed by atoms with Crippen molar-refractivity contribution in [3.05, 3.63) is 29.3 Å². The van der Waals surface area contributed by atoms with Gasteiger partial charge >= 0.3 is 0 Å². The van der Waals surface area contributed by atoms with Gasteiger partial charge in [-0.25, -0.2) is 4.39 Å². The monoisotopic (exact) mass is 207 g/mol. The summed E-state index contributed by atoms with van der Waals surface area (Å²) in [6.45, 7) is 1.53. The minimum atomic E-state index is -1.21. The number of fused-ring (bicyclic) bond motifs is 1. The van der Waals surface area contributed by atoms with Gasteiger partial charge in [0.25, 0.3) is 0 Å². The molecule has 0 amide bonds. The molecule has 1 saturated heterocycles. The third kappa shape index (κ3) is 1.34. The van der Waals surface area contributed by atoms with E-state index in [9.17, 15) is 4.39 Å². The molecule has 0 radical (unpaired) electrons. The number of alkyl halides is 1. The molecule has 3 rings (SSSR count). The van der Waals surface area contributed by atoms with Crippen LogP contribution in [0.4, 0.5) is 4.39 Å². The molecule has 0 aliphatic carbocycles. The van der Waals surface area contributed by atoms with Crippen molar-refractivity contribution in [3.63, 3.8) is 0 Å². The number of hydrogen-bond acceptors (Lipinski definition) is 2. The number of benzene rings is 1. The number of para-hydroxylation sites is 1. The van der Waals surface area contributed by atoms with Crippen LogP contribution in [-0.4, -0.2) is 19.7 Å². The van der Waals surface area contributed by atoms with Crippen molar-refractivity contribution in [2.45, 2.75) is 18.5 Å². The molecule has 1 fully saturated rings. The molecule has 15 heavy (non-hydrogen) atoms. The number of aryl methyl sites for hydroxylation is 1. The molecule has 2 aliphatic heterocycles. The van der Waals surface area contributed by atoms with Crippen LogP contribution in [0.3, 0.4) is 0 Å². The number of ether oxygens (including phenoxy) is 1. The summed E-state index contributed by atoms with van der Waals surface area (Å²) in [4.78, 5) is 0. The van der Waals surface area contributed by atoms with Crippen molar-refractivity contribution in [3.8, 4) is 5.75 Å². The van der Waals surface area contributed by atoms with Crippen molar-refractivity contribution in [1.82, 2.24) is 5.32 Å². The SMILES string of the molecule is FC1(c2cccc3c2OCCC3)CNC1. The summed E-state index contributed by atoms with van der Waals surface area (Å²) in [6.07, 6.45) is 2.04. The second-order valence-corrected chi connectivity index (χ2v) is 4.31. The minimum Gasteiger partial charge on any atom is -0.493 e. The molecule has 2 aliphatic rings. The summed E-state index contributed by atoms with van der Waals surface area (Å²) in [5.74, 6) is 0.799. The summed E-state index contributed by atoms with van der Waals surface area (Å²) < 4.78 is 19.9. The topological polar surface area (TPSA) is 21.3 Å². The van der Waals surface area contributed by atoms with Gasteiger partial charge in [-0.05, 0) is 18.4 Å². The maximum atomic E-state index is 14.3. The van der Waals surface area contributed by atoms with E-state index in [4.69, 9.17) is 4.74 Å². The Morgan fingerprint density at radius 3 is 2.93 bits per heavy atom. The van der Waals surface area contributed by atoms with E-state index in [0.717, 1.165) is 29.7 Å². The van der Waals surface area contributed by atoms with Crippen molar-refractivity contribution in [2.24, 2.45) is 0 Å². The highest BCUT2D eigenvalue weighted by molar-refractivity contribution is 5.47. The average molecular weight is 207 g/mol. The Balaban J connectivity index is 2.07. The Morgan fingerprint density at radius 1 is 1.33 bits per heavy atom. The number of nitrogens with one attached hydrogen (secondary N) is 1. The fourth-order valence-electron chi connectivity index (χ4n) is 2.28. The summed E-state index contributed by atoms with van der Waals surface area (Å²) in [7, 11) is 0. The van der Waals surface area contributed by atoms with Crippen LogP contribution < -0.4 is 10.1 Å². The normalized spacial score (nSPS) is 22.5. The molecule has 2 heterocycles. The summed E-state index contributed by atoms with van der Waals surface area (Å²) in [5, 5.41) is 2.98. The Labute approximate surface area is 88.4 Å². The maximum Gasteiger partial charge on any atom is 0.164 e. The highest BCUT2D eigenvalue weighted by atomic mass is 19.1. The van der Waals surface area contributed by atoms with Gasteiger partial charge in [0.05, 0.1) is 6.61 Å². The third-order valence-corrected chi connectivity index (χ3v) is 3.23. The van der Waals surface area contributed by atoms with Gasteiger partial charge < -0.3 is 10.1 Å². The summed E-state index contributed by atoms with van der Waals surface area (Å²) >= 11 is 0. The molecule has 3 heteroatoms. The van der Waals surface area contributed by atoms with E-state index in [2.05, 4.69) is 5.32 Å². The molecule has 0 spiro atoms. The molecular formula is C12H14FNO. The van der Waals surface area contributed by atoms with E-state index in [1.807, 2.05) is 18.2 Å². The predicted molar refractivity (Wildman–Crippen MR) is 55.9 cm³/mol. The number of hydrogen-bond donors (Lipinski definition) is 1. The zero-order chi connectivity index (χ0) is 10.3. The van der Waals surface area contributed by atoms with Crippen LogP contribution in [0.25, 0.3) is 0 Å². The Morgan fingerprint density at radius 2 is 2.20 bits per heavy atom. The van der Waals surface area contributed by atoms with Gasteiger partial charge in [0.15, 0.2) is 5.67 Å². The summed E-state index contributed by atoms with van der Waals surface area (Å²) in [5.41, 5.74) is 0.684. The first-order valence-corrected chi connectivity index (χ1v) is 5.44. The lowest BCUT2D eigenvalue weighted by atomic mass is 9.87. The molecule has 0 aromatic heterocycles. The van der Waals surface area contributed by atoms with Crippen molar-refractivity contribution in [2.75, 3.05) is 19.7 Å². The van der Waals surface area contributed by atoms with Gasteiger partial charge in [0.1, 0.15) is 5.75 Å². The van der Waals surface area contributed by atoms with E-state index < -0.39 is 5.67 Å². The van der Waals surface area contributed by atoms with Crippen LogP contribution in [0.15, 0.2) is 18.2 Å². The molecule has 0 saturated carbocycles. The summed E-state index contributed by atoms with van der Waals surface area (Å²) in [6, 6.07) is 5.82. The quantitative estimate of drug-likeness (QED) is 0.758. The van der Waals surface area contributed by atoms with Crippen LogP contribution in [0, 0.1) is 0 Å². The first-order valence-electron chi connectivity index (χ1n) is 5.44. The average Bonchev–Trinajstić information content (AvgIpc) is 2.25. The van der Waals surface area contributed by atoms with Crippen molar-refractivity contribution in [1.29, 1.82) is 0 Å². The highest BCUT2D eigenvalue weighted by Gasteiger charge is 2.41. The lowest BCUT2D eigenvalue weighted by Crippen LogP contribution is -2.53. The fraction of sp³-hybridized carbons (Fsp3) is 0.500. The zero-order valence-corrected chi connectivity index (χ0v) is 8.55. The third-order valence-electron chi connectivity index (χ3n) is 3.23. The highest BCUT2D eigenvalue weighted by Crippen LogP contribution is 2.40. The van der Waals surface area contributed by atoms with E-state index >= 15 is 0 Å². The van der Waals surface area contributed by atoms with Gasteiger partial charge in [0.2, 0.25) is 0 Å². The van der Waals surface area contributed by atoms with Gasteiger partial charge in [-0.3, -0.25) is 0 Å². The van der Waals surface area contributed by atoms with E-state index in [1.165, 1.54) is 0 Å². The lowest BCUT2D eigenvalue weighted by molar-refractivity contribution is 0.0838. The molecule has 1 N–H and O–H groups in total. The second-order valence-electron chi connectivity index (χ2n) is 4.31. The van der Waals surface area contributed by atoms with Crippen LogP contribution in [-0.2, 0) is 12.1 Å². The fourth-order valence-corrected chi connectivity index (χ4v) is 2.28. The van der Waals surface area contributed by atoms with Crippen molar-refractivity contribution < 1.29 is 9.13 Å². The minimum absolute atomic E-state index is 0.410. The Kier molecular flexibility index (Phi) is 1.96. The van der Waals surface area contributed by atoms with Crippen LogP contribution in [0.5, 0.6) is 5.75 Å². The Bertz CT molecular complexity index is 387. The van der Waals surface area contributed by atoms with E-state index in [1.54, 1.807) is 0 Å². The molecule has 1 aromatic carbocycles. The Hall–Kier alpha value is -1.09. The predicted octanol–water partition coefficient (Wildman–Crippen LogP) is 1.78.